The number of rotatable bonds is 11. The molecule has 1 aliphatic rings. The molecule has 1 fully saturated rings. The number of nitrogens with one attached hydrogen (secondary N) is 1. The standard InChI is InChI=1S/C23H38BrN5O4/c1-23(2,3)33-20(30)14-25-10-11-29(16-21(31)32-5)18-8-6-17(7-9-18)15-28(4)19-12-26-22(24)27-13-19/h12-13,17-18,25H,6-11,14-16H2,1-5H3/t17-,18-. The van der Waals surface area contributed by atoms with Crippen molar-refractivity contribution in [2.75, 3.05) is 51.8 Å². The number of methoxy groups -OCH3 is 1. The predicted octanol–water partition coefficient (Wildman–Crippen LogP) is 2.64. The summed E-state index contributed by atoms with van der Waals surface area (Å²) in [4.78, 5) is 36.6. The first kappa shape index (κ1) is 27.5. The summed E-state index contributed by atoms with van der Waals surface area (Å²) in [7, 11) is 3.48. The van der Waals surface area contributed by atoms with E-state index in [1.807, 2.05) is 33.2 Å². The maximum atomic E-state index is 12.0. The van der Waals surface area contributed by atoms with Gasteiger partial charge < -0.3 is 19.7 Å². The first-order chi connectivity index (χ1) is 15.6. The van der Waals surface area contributed by atoms with Crippen LogP contribution in [-0.4, -0.2) is 85.3 Å². The number of nitrogens with zero attached hydrogens (tertiary/aromatic N) is 4. The maximum absolute atomic E-state index is 12.0. The molecule has 9 nitrogen and oxygen atoms in total. The largest absolute Gasteiger partial charge is 0.468 e. The molecule has 0 saturated heterocycles. The number of ether oxygens (including phenoxy) is 2. The van der Waals surface area contributed by atoms with Crippen LogP contribution in [-0.2, 0) is 19.1 Å². The third kappa shape index (κ3) is 10.4. The summed E-state index contributed by atoms with van der Waals surface area (Å²) in [5, 5.41) is 3.14. The Kier molecular flexibility index (Phi) is 11.0. The van der Waals surface area contributed by atoms with Crippen LogP contribution in [0.25, 0.3) is 0 Å². The fraction of sp³-hybridized carbons (Fsp3) is 0.739. The second-order valence-electron chi connectivity index (χ2n) is 9.58. The first-order valence-corrected chi connectivity index (χ1v) is 12.3. The van der Waals surface area contributed by atoms with Gasteiger partial charge in [0.25, 0.3) is 0 Å². The second kappa shape index (κ2) is 13.2. The second-order valence-corrected chi connectivity index (χ2v) is 10.3. The van der Waals surface area contributed by atoms with Crippen LogP contribution < -0.4 is 10.2 Å². The molecule has 0 bridgehead atoms. The number of halogens is 1. The molecule has 33 heavy (non-hydrogen) atoms. The van der Waals surface area contributed by atoms with Crippen molar-refractivity contribution in [3.63, 3.8) is 0 Å². The number of carbonyl (C=O) groups excluding carboxylic acids is 2. The van der Waals surface area contributed by atoms with Crippen LogP contribution >= 0.6 is 15.9 Å². The smallest absolute Gasteiger partial charge is 0.320 e. The van der Waals surface area contributed by atoms with Gasteiger partial charge in [0.2, 0.25) is 0 Å². The summed E-state index contributed by atoms with van der Waals surface area (Å²) < 4.78 is 10.8. The molecule has 0 spiro atoms. The van der Waals surface area contributed by atoms with Gasteiger partial charge in [0.1, 0.15) is 5.60 Å². The van der Waals surface area contributed by atoms with Crippen molar-refractivity contribution in [2.24, 2.45) is 5.92 Å². The van der Waals surface area contributed by atoms with Gasteiger partial charge in [-0.15, -0.1) is 0 Å². The highest BCUT2D eigenvalue weighted by atomic mass is 79.9. The minimum atomic E-state index is -0.493. The molecular weight excluding hydrogens is 490 g/mol. The highest BCUT2D eigenvalue weighted by molar-refractivity contribution is 9.10. The van der Waals surface area contributed by atoms with Crippen molar-refractivity contribution in [2.45, 2.75) is 58.1 Å². The quantitative estimate of drug-likeness (QED) is 0.264. The minimum Gasteiger partial charge on any atom is -0.468 e. The van der Waals surface area contributed by atoms with Crippen LogP contribution in [0.2, 0.25) is 0 Å². The van der Waals surface area contributed by atoms with Crippen molar-refractivity contribution in [3.05, 3.63) is 17.1 Å². The Morgan fingerprint density at radius 2 is 1.79 bits per heavy atom. The average Bonchev–Trinajstić information content (AvgIpc) is 2.75. The van der Waals surface area contributed by atoms with Gasteiger partial charge in [0, 0.05) is 32.7 Å². The van der Waals surface area contributed by atoms with E-state index in [4.69, 9.17) is 9.47 Å². The van der Waals surface area contributed by atoms with Crippen molar-refractivity contribution in [3.8, 4) is 0 Å². The zero-order chi connectivity index (χ0) is 24.4. The van der Waals surface area contributed by atoms with Gasteiger partial charge in [-0.2, -0.15) is 0 Å². The Morgan fingerprint density at radius 1 is 1.15 bits per heavy atom. The first-order valence-electron chi connectivity index (χ1n) is 11.5. The summed E-state index contributed by atoms with van der Waals surface area (Å²) in [6.07, 6.45) is 7.89. The van der Waals surface area contributed by atoms with E-state index in [-0.39, 0.29) is 25.0 Å². The van der Waals surface area contributed by atoms with Crippen LogP contribution in [0.3, 0.4) is 0 Å². The highest BCUT2D eigenvalue weighted by Gasteiger charge is 2.28. The van der Waals surface area contributed by atoms with Gasteiger partial charge in [-0.3, -0.25) is 14.5 Å². The topological polar surface area (TPSA) is 96.9 Å². The van der Waals surface area contributed by atoms with Crippen LogP contribution in [0.5, 0.6) is 0 Å². The molecule has 0 amide bonds. The molecule has 1 heterocycles. The molecule has 0 unspecified atom stereocenters. The van der Waals surface area contributed by atoms with E-state index in [0.717, 1.165) is 37.9 Å². The SMILES string of the molecule is COC(=O)CN(CCNCC(=O)OC(C)(C)C)[C@H]1CC[C@H](CN(C)c2cnc(Br)nc2)CC1. The Bertz CT molecular complexity index is 748. The van der Waals surface area contributed by atoms with Gasteiger partial charge in [0.15, 0.2) is 4.73 Å². The summed E-state index contributed by atoms with van der Waals surface area (Å²) in [6.45, 7) is 8.19. The fourth-order valence-corrected chi connectivity index (χ4v) is 4.30. The van der Waals surface area contributed by atoms with E-state index in [0.29, 0.717) is 29.8 Å². The lowest BCUT2D eigenvalue weighted by Gasteiger charge is -2.37. The van der Waals surface area contributed by atoms with Gasteiger partial charge in [0.05, 0.1) is 38.3 Å². The molecule has 0 aliphatic heterocycles. The Labute approximate surface area is 205 Å². The van der Waals surface area contributed by atoms with E-state index >= 15 is 0 Å². The Balaban J connectivity index is 1.80. The van der Waals surface area contributed by atoms with E-state index in [2.05, 4.69) is 48.1 Å². The molecule has 186 valence electrons. The Morgan fingerprint density at radius 3 is 2.36 bits per heavy atom. The molecule has 1 saturated carbocycles. The van der Waals surface area contributed by atoms with Gasteiger partial charge in [-0.1, -0.05) is 0 Å². The van der Waals surface area contributed by atoms with Crippen molar-refractivity contribution >= 4 is 33.6 Å². The van der Waals surface area contributed by atoms with Gasteiger partial charge in [-0.05, 0) is 68.3 Å². The lowest BCUT2D eigenvalue weighted by Crippen LogP contribution is -2.46. The molecule has 1 N–H and O–H groups in total. The van der Waals surface area contributed by atoms with E-state index < -0.39 is 5.60 Å². The zero-order valence-electron chi connectivity index (χ0n) is 20.5. The summed E-state index contributed by atoms with van der Waals surface area (Å²) in [5.74, 6) is 0.0715. The summed E-state index contributed by atoms with van der Waals surface area (Å²) in [6, 6.07) is 0.324. The number of hydrogen-bond donors (Lipinski definition) is 1. The molecule has 0 aromatic carbocycles. The monoisotopic (exact) mass is 527 g/mol. The number of carbonyl (C=O) groups is 2. The minimum absolute atomic E-state index is 0.155. The van der Waals surface area contributed by atoms with Crippen molar-refractivity contribution in [1.29, 1.82) is 0 Å². The van der Waals surface area contributed by atoms with Crippen molar-refractivity contribution < 1.29 is 19.1 Å². The lowest BCUT2D eigenvalue weighted by atomic mass is 9.85. The van der Waals surface area contributed by atoms with Crippen molar-refractivity contribution in [1.82, 2.24) is 20.2 Å². The van der Waals surface area contributed by atoms with Crippen LogP contribution in [0, 0.1) is 5.92 Å². The van der Waals surface area contributed by atoms with Crippen LogP contribution in [0.1, 0.15) is 46.5 Å². The molecule has 2 rings (SSSR count). The number of aromatic nitrogens is 2. The third-order valence-electron chi connectivity index (χ3n) is 5.74. The van der Waals surface area contributed by atoms with Gasteiger partial charge in [-0.25, -0.2) is 9.97 Å². The van der Waals surface area contributed by atoms with Crippen LogP contribution in [0.4, 0.5) is 5.69 Å². The average molecular weight is 528 g/mol. The number of anilines is 1. The normalized spacial score (nSPS) is 18.8. The highest BCUT2D eigenvalue weighted by Crippen LogP contribution is 2.29. The molecule has 0 atom stereocenters. The molecule has 10 heteroatoms. The van der Waals surface area contributed by atoms with E-state index in [9.17, 15) is 9.59 Å². The Hall–Kier alpha value is -1.78. The number of hydrogen-bond acceptors (Lipinski definition) is 9. The maximum Gasteiger partial charge on any atom is 0.320 e. The molecule has 1 aromatic heterocycles. The molecule has 1 aromatic rings. The van der Waals surface area contributed by atoms with Crippen LogP contribution in [0.15, 0.2) is 17.1 Å². The molecular formula is C23H38BrN5O4. The van der Waals surface area contributed by atoms with E-state index in [1.165, 1.54) is 7.11 Å². The van der Waals surface area contributed by atoms with Gasteiger partial charge >= 0.3 is 11.9 Å². The molecule has 0 radical (unpaired) electrons. The third-order valence-corrected chi connectivity index (χ3v) is 6.15. The van der Waals surface area contributed by atoms with E-state index in [1.54, 1.807) is 0 Å². The summed E-state index contributed by atoms with van der Waals surface area (Å²) >= 11 is 3.27. The number of esters is 2. The predicted molar refractivity (Wildman–Crippen MR) is 131 cm³/mol. The zero-order valence-corrected chi connectivity index (χ0v) is 22.1. The summed E-state index contributed by atoms with van der Waals surface area (Å²) in [5.41, 5.74) is 0.510. The lowest BCUT2D eigenvalue weighted by molar-refractivity contribution is -0.153. The molecule has 1 aliphatic carbocycles. The fourth-order valence-electron chi connectivity index (χ4n) is 4.10.